The third-order valence-corrected chi connectivity index (χ3v) is 4.09. The Hall–Kier alpha value is -0.410. The van der Waals surface area contributed by atoms with Crippen LogP contribution in [0.2, 0.25) is 0 Å². The maximum Gasteiger partial charge on any atom is 0.140 e. The lowest BCUT2D eigenvalue weighted by Crippen LogP contribution is -2.35. The highest BCUT2D eigenvalue weighted by Crippen LogP contribution is 2.25. The van der Waals surface area contributed by atoms with E-state index in [1.54, 1.807) is 6.92 Å². The summed E-state index contributed by atoms with van der Waals surface area (Å²) >= 11 is 3.36. The average Bonchev–Trinajstić information content (AvgIpc) is 2.31. The van der Waals surface area contributed by atoms with Crippen molar-refractivity contribution in [3.8, 4) is 0 Å². The highest BCUT2D eigenvalue weighted by molar-refractivity contribution is 9.10. The van der Waals surface area contributed by atoms with Crippen LogP contribution in [0.25, 0.3) is 0 Å². The van der Waals surface area contributed by atoms with Gasteiger partial charge in [-0.3, -0.25) is 0 Å². The number of hydrogen-bond donors (Lipinski definition) is 1. The minimum atomic E-state index is -0.117. The second kappa shape index (κ2) is 5.28. The number of hydrogen-bond acceptors (Lipinski definition) is 1. The standard InChI is InChI=1S/C13H17BrFN/c1-9-5-6-10(12(14)13(9)15)8-11-4-2-3-7-16-11/h5-6,11,16H,2-4,7-8H2,1H3. The van der Waals surface area contributed by atoms with Crippen LogP contribution >= 0.6 is 15.9 Å². The lowest BCUT2D eigenvalue weighted by molar-refractivity contribution is 0.398. The second-order valence-electron chi connectivity index (χ2n) is 4.52. The monoisotopic (exact) mass is 285 g/mol. The molecular weight excluding hydrogens is 269 g/mol. The molecule has 1 nitrogen and oxygen atoms in total. The van der Waals surface area contributed by atoms with E-state index < -0.39 is 0 Å². The van der Waals surface area contributed by atoms with Crippen molar-refractivity contribution < 1.29 is 4.39 Å². The van der Waals surface area contributed by atoms with E-state index in [1.807, 2.05) is 12.1 Å². The molecule has 1 aliphatic heterocycles. The molecule has 1 aromatic carbocycles. The van der Waals surface area contributed by atoms with Gasteiger partial charge in [0, 0.05) is 6.04 Å². The normalized spacial score (nSPS) is 21.1. The predicted octanol–water partition coefficient (Wildman–Crippen LogP) is 3.58. The van der Waals surface area contributed by atoms with Gasteiger partial charge in [-0.15, -0.1) is 0 Å². The quantitative estimate of drug-likeness (QED) is 0.876. The van der Waals surface area contributed by atoms with Gasteiger partial charge >= 0.3 is 0 Å². The number of aryl methyl sites for hydroxylation is 1. The van der Waals surface area contributed by atoms with Crippen LogP contribution in [0, 0.1) is 12.7 Å². The lowest BCUT2D eigenvalue weighted by Gasteiger charge is -2.24. The SMILES string of the molecule is Cc1ccc(CC2CCCCN2)c(Br)c1F. The lowest BCUT2D eigenvalue weighted by atomic mass is 9.97. The largest absolute Gasteiger partial charge is 0.314 e. The molecule has 1 atom stereocenters. The fourth-order valence-corrected chi connectivity index (χ4v) is 2.81. The number of rotatable bonds is 2. The van der Waals surface area contributed by atoms with Crippen LogP contribution in [0.1, 0.15) is 30.4 Å². The first kappa shape index (κ1) is 12.1. The van der Waals surface area contributed by atoms with Crippen molar-refractivity contribution in [3.63, 3.8) is 0 Å². The van der Waals surface area contributed by atoms with Gasteiger partial charge in [0.15, 0.2) is 0 Å². The fourth-order valence-electron chi connectivity index (χ4n) is 2.21. The molecule has 0 spiro atoms. The summed E-state index contributed by atoms with van der Waals surface area (Å²) in [6.45, 7) is 2.89. The Balaban J connectivity index is 2.11. The Morgan fingerprint density at radius 1 is 1.44 bits per heavy atom. The summed E-state index contributed by atoms with van der Waals surface area (Å²) in [4.78, 5) is 0. The number of nitrogens with one attached hydrogen (secondary N) is 1. The summed E-state index contributed by atoms with van der Waals surface area (Å²) < 4.78 is 14.3. The molecule has 0 radical (unpaired) electrons. The predicted molar refractivity (Wildman–Crippen MR) is 68.2 cm³/mol. The molecule has 1 heterocycles. The highest BCUT2D eigenvalue weighted by Gasteiger charge is 2.16. The maximum absolute atomic E-state index is 13.7. The Morgan fingerprint density at radius 2 is 2.25 bits per heavy atom. The van der Waals surface area contributed by atoms with Crippen LogP contribution in [0.15, 0.2) is 16.6 Å². The molecule has 1 aliphatic rings. The molecule has 1 N–H and O–H groups in total. The minimum absolute atomic E-state index is 0.117. The van der Waals surface area contributed by atoms with E-state index in [0.717, 1.165) is 18.5 Å². The van der Waals surface area contributed by atoms with Gasteiger partial charge in [0.2, 0.25) is 0 Å². The van der Waals surface area contributed by atoms with Gasteiger partial charge in [-0.1, -0.05) is 18.6 Å². The molecule has 1 aromatic rings. The number of benzene rings is 1. The van der Waals surface area contributed by atoms with Crippen molar-refractivity contribution >= 4 is 15.9 Å². The molecule has 0 saturated carbocycles. The first-order valence-corrected chi connectivity index (χ1v) is 6.64. The molecule has 88 valence electrons. The van der Waals surface area contributed by atoms with Gasteiger partial charge in [0.05, 0.1) is 4.47 Å². The van der Waals surface area contributed by atoms with Crippen LogP contribution in [0.4, 0.5) is 4.39 Å². The topological polar surface area (TPSA) is 12.0 Å². The van der Waals surface area contributed by atoms with Crippen LogP contribution in [0.5, 0.6) is 0 Å². The molecule has 1 unspecified atom stereocenters. The van der Waals surface area contributed by atoms with Crippen LogP contribution in [0.3, 0.4) is 0 Å². The zero-order valence-corrected chi connectivity index (χ0v) is 11.1. The molecule has 16 heavy (non-hydrogen) atoms. The van der Waals surface area contributed by atoms with Crippen LogP contribution in [-0.4, -0.2) is 12.6 Å². The third kappa shape index (κ3) is 2.64. The molecule has 0 bridgehead atoms. The van der Waals surface area contributed by atoms with E-state index in [1.165, 1.54) is 19.3 Å². The maximum atomic E-state index is 13.7. The molecule has 0 aliphatic carbocycles. The summed E-state index contributed by atoms with van der Waals surface area (Å²) in [5, 5.41) is 3.49. The molecule has 3 heteroatoms. The van der Waals surface area contributed by atoms with E-state index in [9.17, 15) is 4.39 Å². The van der Waals surface area contributed by atoms with Crippen molar-refractivity contribution in [1.29, 1.82) is 0 Å². The van der Waals surface area contributed by atoms with Gasteiger partial charge in [0.25, 0.3) is 0 Å². The van der Waals surface area contributed by atoms with Crippen LogP contribution < -0.4 is 5.32 Å². The van der Waals surface area contributed by atoms with E-state index >= 15 is 0 Å². The fraction of sp³-hybridized carbons (Fsp3) is 0.538. The van der Waals surface area contributed by atoms with E-state index in [2.05, 4.69) is 21.2 Å². The first-order valence-electron chi connectivity index (χ1n) is 5.85. The van der Waals surface area contributed by atoms with E-state index in [0.29, 0.717) is 16.1 Å². The van der Waals surface area contributed by atoms with Crippen molar-refractivity contribution in [3.05, 3.63) is 33.5 Å². The summed E-state index contributed by atoms with van der Waals surface area (Å²) in [5.41, 5.74) is 1.77. The molecule has 0 aromatic heterocycles. The van der Waals surface area contributed by atoms with Gasteiger partial charge in [-0.2, -0.15) is 0 Å². The van der Waals surface area contributed by atoms with Crippen molar-refractivity contribution in [1.82, 2.24) is 5.32 Å². The Bertz CT molecular complexity index is 372. The van der Waals surface area contributed by atoms with Gasteiger partial charge in [-0.05, 0) is 59.8 Å². The van der Waals surface area contributed by atoms with Crippen molar-refractivity contribution in [2.45, 2.75) is 38.6 Å². The average molecular weight is 286 g/mol. The smallest absolute Gasteiger partial charge is 0.140 e. The molecule has 2 rings (SSSR count). The van der Waals surface area contributed by atoms with Crippen molar-refractivity contribution in [2.75, 3.05) is 6.54 Å². The zero-order chi connectivity index (χ0) is 11.5. The zero-order valence-electron chi connectivity index (χ0n) is 9.52. The number of halogens is 2. The van der Waals surface area contributed by atoms with Gasteiger partial charge < -0.3 is 5.32 Å². The van der Waals surface area contributed by atoms with E-state index in [-0.39, 0.29) is 5.82 Å². The Morgan fingerprint density at radius 3 is 2.94 bits per heavy atom. The summed E-state index contributed by atoms with van der Waals surface area (Å²) in [6, 6.07) is 4.39. The van der Waals surface area contributed by atoms with E-state index in [4.69, 9.17) is 0 Å². The molecular formula is C13H17BrFN. The van der Waals surface area contributed by atoms with Crippen LogP contribution in [-0.2, 0) is 6.42 Å². The Kier molecular flexibility index (Phi) is 3.98. The summed E-state index contributed by atoms with van der Waals surface area (Å²) in [6.07, 6.45) is 4.66. The van der Waals surface area contributed by atoms with Crippen molar-refractivity contribution in [2.24, 2.45) is 0 Å². The number of piperidine rings is 1. The Labute approximate surface area is 105 Å². The second-order valence-corrected chi connectivity index (χ2v) is 5.31. The van der Waals surface area contributed by atoms with Gasteiger partial charge in [-0.25, -0.2) is 4.39 Å². The third-order valence-electron chi connectivity index (χ3n) is 3.23. The summed E-state index contributed by atoms with van der Waals surface area (Å²) in [5.74, 6) is -0.117. The first-order chi connectivity index (χ1) is 7.68. The highest BCUT2D eigenvalue weighted by atomic mass is 79.9. The molecule has 1 saturated heterocycles. The molecule has 1 fully saturated rings. The molecule has 0 amide bonds. The van der Waals surface area contributed by atoms with Gasteiger partial charge in [0.1, 0.15) is 5.82 Å². The minimum Gasteiger partial charge on any atom is -0.314 e. The summed E-state index contributed by atoms with van der Waals surface area (Å²) in [7, 11) is 0.